The smallest absolute Gasteiger partial charge is 0.240 e. The van der Waals surface area contributed by atoms with E-state index >= 15 is 0 Å². The van der Waals surface area contributed by atoms with Crippen molar-refractivity contribution in [2.75, 3.05) is 0 Å². The molecular weight excluding hydrogens is 276 g/mol. The summed E-state index contributed by atoms with van der Waals surface area (Å²) in [5.41, 5.74) is -2.74. The summed E-state index contributed by atoms with van der Waals surface area (Å²) in [5, 5.41) is -0.743. The molecule has 8 heteroatoms. The molecule has 0 radical (unpaired) electrons. The Morgan fingerprint density at radius 1 is 1.31 bits per heavy atom. The fraction of sp³-hybridized carbons (Fsp3) is 0.375. The number of rotatable bonds is 2. The van der Waals surface area contributed by atoms with Gasteiger partial charge in [0.05, 0.1) is 5.02 Å². The Hall–Kier alpha value is -0.620. The molecule has 0 saturated carbocycles. The van der Waals surface area contributed by atoms with Crippen molar-refractivity contribution in [2.45, 2.75) is 18.5 Å². The van der Waals surface area contributed by atoms with Gasteiger partial charge in [-0.2, -0.15) is 13.2 Å². The SMILES string of the molecule is FC(F)c1nc(C(F)(F)F)c(Cl)cc1CCl. The lowest BCUT2D eigenvalue weighted by molar-refractivity contribution is -0.141. The van der Waals surface area contributed by atoms with E-state index in [1.165, 1.54) is 0 Å². The van der Waals surface area contributed by atoms with Gasteiger partial charge in [0.2, 0.25) is 0 Å². The third kappa shape index (κ3) is 2.74. The van der Waals surface area contributed by atoms with E-state index < -0.39 is 29.0 Å². The molecule has 1 heterocycles. The van der Waals surface area contributed by atoms with E-state index in [0.29, 0.717) is 0 Å². The summed E-state index contributed by atoms with van der Waals surface area (Å²) in [6.07, 6.45) is -8.00. The first-order valence-corrected chi connectivity index (χ1v) is 4.79. The summed E-state index contributed by atoms with van der Waals surface area (Å²) >= 11 is 10.6. The Bertz CT molecular complexity index is 391. The van der Waals surface area contributed by atoms with Crippen LogP contribution in [0.4, 0.5) is 22.0 Å². The lowest BCUT2D eigenvalue weighted by Crippen LogP contribution is -2.12. The largest absolute Gasteiger partial charge is 0.434 e. The van der Waals surface area contributed by atoms with Crippen LogP contribution in [0.1, 0.15) is 23.4 Å². The van der Waals surface area contributed by atoms with Crippen LogP contribution >= 0.6 is 23.2 Å². The van der Waals surface area contributed by atoms with Crippen LogP contribution in [0.15, 0.2) is 6.07 Å². The van der Waals surface area contributed by atoms with Gasteiger partial charge in [-0.25, -0.2) is 13.8 Å². The second-order valence-electron chi connectivity index (χ2n) is 2.80. The zero-order valence-electron chi connectivity index (χ0n) is 7.45. The maximum atomic E-state index is 12.4. The molecule has 0 unspecified atom stereocenters. The van der Waals surface area contributed by atoms with Crippen molar-refractivity contribution >= 4 is 23.2 Å². The minimum Gasteiger partial charge on any atom is -0.240 e. The molecule has 0 aliphatic rings. The summed E-state index contributed by atoms with van der Waals surface area (Å²) in [7, 11) is 0. The summed E-state index contributed by atoms with van der Waals surface area (Å²) < 4.78 is 61.7. The lowest BCUT2D eigenvalue weighted by atomic mass is 10.2. The standard InChI is InChI=1S/C8H4Cl2F5N/c9-2-3-1-4(10)6(8(13,14)15)16-5(3)7(11)12/h1,7H,2H2. The molecule has 0 spiro atoms. The van der Waals surface area contributed by atoms with Crippen LogP contribution in [0.25, 0.3) is 0 Å². The highest BCUT2D eigenvalue weighted by Gasteiger charge is 2.36. The maximum absolute atomic E-state index is 12.4. The van der Waals surface area contributed by atoms with Crippen LogP contribution in [0, 0.1) is 0 Å². The Balaban J connectivity index is 3.39. The van der Waals surface area contributed by atoms with E-state index in [0.717, 1.165) is 6.07 Å². The predicted molar refractivity (Wildman–Crippen MR) is 48.8 cm³/mol. The summed E-state index contributed by atoms with van der Waals surface area (Å²) in [4.78, 5) is 2.82. The topological polar surface area (TPSA) is 12.9 Å². The van der Waals surface area contributed by atoms with Gasteiger partial charge in [-0.05, 0) is 11.6 Å². The van der Waals surface area contributed by atoms with Crippen LogP contribution in [0.5, 0.6) is 0 Å². The van der Waals surface area contributed by atoms with Gasteiger partial charge in [0, 0.05) is 5.88 Å². The fourth-order valence-corrected chi connectivity index (χ4v) is 1.53. The molecule has 1 nitrogen and oxygen atoms in total. The Kier molecular flexibility index (Phi) is 3.96. The molecule has 0 aliphatic heterocycles. The number of pyridine rings is 1. The number of hydrogen-bond donors (Lipinski definition) is 0. The van der Waals surface area contributed by atoms with Crippen molar-refractivity contribution in [2.24, 2.45) is 0 Å². The van der Waals surface area contributed by atoms with Gasteiger partial charge in [0.1, 0.15) is 5.69 Å². The van der Waals surface area contributed by atoms with E-state index in [4.69, 9.17) is 23.2 Å². The van der Waals surface area contributed by atoms with Gasteiger partial charge in [-0.3, -0.25) is 0 Å². The molecule has 1 aromatic rings. The fourth-order valence-electron chi connectivity index (χ4n) is 1.04. The molecule has 0 N–H and O–H groups in total. The molecule has 0 fully saturated rings. The van der Waals surface area contributed by atoms with E-state index in [1.54, 1.807) is 0 Å². The molecule has 1 aromatic heterocycles. The molecule has 90 valence electrons. The minimum absolute atomic E-state index is 0.213. The second kappa shape index (κ2) is 4.71. The summed E-state index contributed by atoms with van der Waals surface area (Å²) in [6.45, 7) is 0. The lowest BCUT2D eigenvalue weighted by Gasteiger charge is -2.12. The van der Waals surface area contributed by atoms with Gasteiger partial charge >= 0.3 is 6.18 Å². The molecule has 0 atom stereocenters. The van der Waals surface area contributed by atoms with Gasteiger partial charge in [-0.15, -0.1) is 11.6 Å². The quantitative estimate of drug-likeness (QED) is 0.576. The van der Waals surface area contributed by atoms with Crippen LogP contribution in [0.3, 0.4) is 0 Å². The monoisotopic (exact) mass is 279 g/mol. The van der Waals surface area contributed by atoms with Gasteiger partial charge in [0.25, 0.3) is 6.43 Å². The molecular formula is C8H4Cl2F5N. The second-order valence-corrected chi connectivity index (χ2v) is 3.47. The Morgan fingerprint density at radius 2 is 1.88 bits per heavy atom. The molecule has 0 aromatic carbocycles. The Morgan fingerprint density at radius 3 is 2.25 bits per heavy atom. The average Bonchev–Trinajstić information content (AvgIpc) is 2.14. The normalized spacial score (nSPS) is 12.2. The van der Waals surface area contributed by atoms with E-state index in [9.17, 15) is 22.0 Å². The van der Waals surface area contributed by atoms with Crippen molar-refractivity contribution < 1.29 is 22.0 Å². The van der Waals surface area contributed by atoms with E-state index in [1.807, 2.05) is 0 Å². The highest BCUT2D eigenvalue weighted by molar-refractivity contribution is 6.31. The zero-order valence-corrected chi connectivity index (χ0v) is 8.97. The van der Waals surface area contributed by atoms with Crippen molar-refractivity contribution in [3.63, 3.8) is 0 Å². The van der Waals surface area contributed by atoms with Crippen molar-refractivity contribution in [3.8, 4) is 0 Å². The predicted octanol–water partition coefficient (Wildman–Crippen LogP) is 4.43. The first-order valence-electron chi connectivity index (χ1n) is 3.88. The number of halogens is 7. The maximum Gasteiger partial charge on any atom is 0.434 e. The van der Waals surface area contributed by atoms with Gasteiger partial charge < -0.3 is 0 Å². The summed E-state index contributed by atoms with van der Waals surface area (Å²) in [6, 6.07) is 0.756. The van der Waals surface area contributed by atoms with Crippen molar-refractivity contribution in [3.05, 3.63) is 28.0 Å². The third-order valence-corrected chi connectivity index (χ3v) is 2.28. The number of alkyl halides is 6. The van der Waals surface area contributed by atoms with Gasteiger partial charge in [-0.1, -0.05) is 11.6 Å². The molecule has 0 amide bonds. The highest BCUT2D eigenvalue weighted by Crippen LogP contribution is 2.36. The van der Waals surface area contributed by atoms with Gasteiger partial charge in [0.15, 0.2) is 5.69 Å². The molecule has 0 bridgehead atoms. The van der Waals surface area contributed by atoms with Crippen LogP contribution in [-0.4, -0.2) is 4.98 Å². The highest BCUT2D eigenvalue weighted by atomic mass is 35.5. The van der Waals surface area contributed by atoms with E-state index in [-0.39, 0.29) is 11.4 Å². The van der Waals surface area contributed by atoms with Crippen LogP contribution in [-0.2, 0) is 12.1 Å². The molecule has 16 heavy (non-hydrogen) atoms. The van der Waals surface area contributed by atoms with Crippen LogP contribution < -0.4 is 0 Å². The van der Waals surface area contributed by atoms with Crippen LogP contribution in [0.2, 0.25) is 5.02 Å². The number of nitrogens with zero attached hydrogens (tertiary/aromatic N) is 1. The first kappa shape index (κ1) is 13.4. The molecule has 0 aliphatic carbocycles. The summed E-state index contributed by atoms with van der Waals surface area (Å²) in [5.74, 6) is -0.384. The molecule has 1 rings (SSSR count). The first-order chi connectivity index (χ1) is 7.27. The van der Waals surface area contributed by atoms with Crippen molar-refractivity contribution in [1.29, 1.82) is 0 Å². The zero-order chi connectivity index (χ0) is 12.5. The number of aromatic nitrogens is 1. The van der Waals surface area contributed by atoms with E-state index in [2.05, 4.69) is 4.98 Å². The third-order valence-electron chi connectivity index (χ3n) is 1.71. The Labute approximate surface area is 97.2 Å². The minimum atomic E-state index is -4.87. The van der Waals surface area contributed by atoms with Crippen molar-refractivity contribution in [1.82, 2.24) is 4.98 Å². The molecule has 0 saturated heterocycles. The average molecular weight is 280 g/mol. The number of hydrogen-bond acceptors (Lipinski definition) is 1.